The van der Waals surface area contributed by atoms with Gasteiger partial charge in [0.1, 0.15) is 6.10 Å². The van der Waals surface area contributed by atoms with Crippen LogP contribution >= 0.6 is 15.9 Å². The van der Waals surface area contributed by atoms with Crippen molar-refractivity contribution in [3.05, 3.63) is 34.3 Å². The number of hydrogen-bond acceptors (Lipinski definition) is 3. The summed E-state index contributed by atoms with van der Waals surface area (Å²) in [6.45, 7) is 1.80. The van der Waals surface area contributed by atoms with Crippen molar-refractivity contribution in [2.24, 2.45) is 5.73 Å². The molecule has 1 heterocycles. The summed E-state index contributed by atoms with van der Waals surface area (Å²) in [7, 11) is 0. The summed E-state index contributed by atoms with van der Waals surface area (Å²) in [6.07, 6.45) is -0.0742. The maximum Gasteiger partial charge on any atom is 0.236 e. The Kier molecular flexibility index (Phi) is 4.15. The van der Waals surface area contributed by atoms with E-state index in [1.54, 1.807) is 4.90 Å². The number of benzene rings is 1. The maximum atomic E-state index is 11.6. The highest BCUT2D eigenvalue weighted by atomic mass is 79.9. The first-order valence-corrected chi connectivity index (χ1v) is 6.35. The quantitative estimate of drug-likeness (QED) is 0.896. The fourth-order valence-electron chi connectivity index (χ4n) is 1.93. The number of morpholine rings is 1. The second kappa shape index (κ2) is 5.62. The third-order valence-corrected chi connectivity index (χ3v) is 3.57. The molecule has 1 atom stereocenters. The topological polar surface area (TPSA) is 55.6 Å². The molecule has 0 aliphatic carbocycles. The summed E-state index contributed by atoms with van der Waals surface area (Å²) in [4.78, 5) is 13.3. The lowest BCUT2D eigenvalue weighted by molar-refractivity contribution is -0.137. The van der Waals surface area contributed by atoms with Gasteiger partial charge in [-0.25, -0.2) is 0 Å². The van der Waals surface area contributed by atoms with Gasteiger partial charge in [-0.15, -0.1) is 0 Å². The van der Waals surface area contributed by atoms with Gasteiger partial charge in [0.25, 0.3) is 0 Å². The van der Waals surface area contributed by atoms with Crippen molar-refractivity contribution in [1.82, 2.24) is 4.90 Å². The lowest BCUT2D eigenvalue weighted by Crippen LogP contribution is -2.44. The van der Waals surface area contributed by atoms with Crippen molar-refractivity contribution in [2.75, 3.05) is 26.2 Å². The second-order valence-corrected chi connectivity index (χ2v) is 4.78. The molecule has 2 rings (SSSR count). The fourth-order valence-corrected chi connectivity index (χ4v) is 2.47. The summed E-state index contributed by atoms with van der Waals surface area (Å²) in [5.74, 6) is -0.0228. The van der Waals surface area contributed by atoms with Crippen molar-refractivity contribution >= 4 is 21.8 Å². The molecule has 0 aromatic heterocycles. The van der Waals surface area contributed by atoms with E-state index in [1.807, 2.05) is 24.3 Å². The highest BCUT2D eigenvalue weighted by molar-refractivity contribution is 9.10. The van der Waals surface area contributed by atoms with Crippen LogP contribution in [0.25, 0.3) is 0 Å². The Morgan fingerprint density at radius 1 is 1.53 bits per heavy atom. The van der Waals surface area contributed by atoms with E-state index in [0.717, 1.165) is 10.0 Å². The number of rotatable bonds is 2. The highest BCUT2D eigenvalue weighted by Crippen LogP contribution is 2.28. The molecule has 1 aromatic rings. The molecule has 92 valence electrons. The maximum absolute atomic E-state index is 11.6. The van der Waals surface area contributed by atoms with E-state index in [-0.39, 0.29) is 18.6 Å². The van der Waals surface area contributed by atoms with E-state index < -0.39 is 0 Å². The number of ether oxygens (including phenoxy) is 1. The van der Waals surface area contributed by atoms with Gasteiger partial charge in [0.05, 0.1) is 19.7 Å². The molecule has 1 aliphatic heterocycles. The minimum atomic E-state index is -0.0742. The van der Waals surface area contributed by atoms with E-state index in [9.17, 15) is 4.79 Å². The van der Waals surface area contributed by atoms with Gasteiger partial charge in [-0.3, -0.25) is 4.79 Å². The van der Waals surface area contributed by atoms with Gasteiger partial charge >= 0.3 is 0 Å². The van der Waals surface area contributed by atoms with Crippen LogP contribution in [0.4, 0.5) is 0 Å². The number of nitrogens with two attached hydrogens (primary N) is 1. The van der Waals surface area contributed by atoms with Crippen LogP contribution in [0.3, 0.4) is 0 Å². The fraction of sp³-hybridized carbons (Fsp3) is 0.417. The SMILES string of the molecule is NCC(=O)N1CCO[C@@H](c2ccccc2Br)C1. The molecular formula is C12H15BrN2O2. The van der Waals surface area contributed by atoms with Crippen molar-refractivity contribution in [3.63, 3.8) is 0 Å². The van der Waals surface area contributed by atoms with Crippen LogP contribution in [-0.4, -0.2) is 37.0 Å². The molecule has 4 nitrogen and oxygen atoms in total. The summed E-state index contributed by atoms with van der Waals surface area (Å²) >= 11 is 3.50. The van der Waals surface area contributed by atoms with Gasteiger partial charge in [-0.2, -0.15) is 0 Å². The lowest BCUT2D eigenvalue weighted by Gasteiger charge is -2.33. The zero-order chi connectivity index (χ0) is 12.3. The largest absolute Gasteiger partial charge is 0.370 e. The molecule has 0 bridgehead atoms. The molecule has 1 amide bonds. The van der Waals surface area contributed by atoms with Gasteiger partial charge in [-0.1, -0.05) is 34.1 Å². The van der Waals surface area contributed by atoms with Crippen molar-refractivity contribution < 1.29 is 9.53 Å². The molecule has 17 heavy (non-hydrogen) atoms. The molecule has 1 aromatic carbocycles. The summed E-state index contributed by atoms with van der Waals surface area (Å²) in [5, 5.41) is 0. The molecule has 1 fully saturated rings. The molecular weight excluding hydrogens is 284 g/mol. The highest BCUT2D eigenvalue weighted by Gasteiger charge is 2.25. The first-order chi connectivity index (χ1) is 8.22. The van der Waals surface area contributed by atoms with Crippen LogP contribution in [0.5, 0.6) is 0 Å². The lowest BCUT2D eigenvalue weighted by atomic mass is 10.1. The van der Waals surface area contributed by atoms with E-state index in [2.05, 4.69) is 15.9 Å². The standard InChI is InChI=1S/C12H15BrN2O2/c13-10-4-2-1-3-9(10)11-8-15(5-6-17-11)12(16)7-14/h1-4,11H,5-8,14H2/t11-/m1/s1. The Labute approximate surface area is 109 Å². The van der Waals surface area contributed by atoms with Crippen LogP contribution in [0.1, 0.15) is 11.7 Å². The van der Waals surface area contributed by atoms with Crippen LogP contribution in [0.15, 0.2) is 28.7 Å². The minimum Gasteiger partial charge on any atom is -0.370 e. The first-order valence-electron chi connectivity index (χ1n) is 5.56. The predicted molar refractivity (Wildman–Crippen MR) is 68.5 cm³/mol. The Morgan fingerprint density at radius 3 is 3.00 bits per heavy atom. The van der Waals surface area contributed by atoms with E-state index >= 15 is 0 Å². The molecule has 5 heteroatoms. The van der Waals surface area contributed by atoms with Gasteiger partial charge < -0.3 is 15.4 Å². The molecule has 0 unspecified atom stereocenters. The Hall–Kier alpha value is -0.910. The van der Waals surface area contributed by atoms with Crippen molar-refractivity contribution in [1.29, 1.82) is 0 Å². The number of amides is 1. The summed E-state index contributed by atoms with van der Waals surface area (Å²) in [6, 6.07) is 7.90. The van der Waals surface area contributed by atoms with Crippen LogP contribution in [0, 0.1) is 0 Å². The number of hydrogen-bond donors (Lipinski definition) is 1. The smallest absolute Gasteiger partial charge is 0.236 e. The molecule has 0 spiro atoms. The number of nitrogens with zero attached hydrogens (tertiary/aromatic N) is 1. The molecule has 2 N–H and O–H groups in total. The Bertz CT molecular complexity index is 411. The van der Waals surface area contributed by atoms with Gasteiger partial charge in [0.15, 0.2) is 0 Å². The summed E-state index contributed by atoms with van der Waals surface area (Å²) < 4.78 is 6.71. The number of carbonyl (C=O) groups is 1. The van der Waals surface area contributed by atoms with Crippen LogP contribution in [-0.2, 0) is 9.53 Å². The zero-order valence-corrected chi connectivity index (χ0v) is 11.0. The molecule has 1 saturated heterocycles. The third-order valence-electron chi connectivity index (χ3n) is 2.85. The van der Waals surface area contributed by atoms with Gasteiger partial charge in [0.2, 0.25) is 5.91 Å². The third kappa shape index (κ3) is 2.86. The number of carbonyl (C=O) groups excluding carboxylic acids is 1. The molecule has 0 saturated carbocycles. The van der Waals surface area contributed by atoms with E-state index in [1.165, 1.54) is 0 Å². The monoisotopic (exact) mass is 298 g/mol. The predicted octanol–water partition coefficient (Wildman–Crippen LogP) is 1.31. The average Bonchev–Trinajstić information content (AvgIpc) is 2.38. The van der Waals surface area contributed by atoms with Gasteiger partial charge in [-0.05, 0) is 11.6 Å². The average molecular weight is 299 g/mol. The van der Waals surface area contributed by atoms with Crippen molar-refractivity contribution in [3.8, 4) is 0 Å². The second-order valence-electron chi connectivity index (χ2n) is 3.92. The normalized spacial score (nSPS) is 20.4. The first kappa shape index (κ1) is 12.5. The van der Waals surface area contributed by atoms with E-state index in [4.69, 9.17) is 10.5 Å². The van der Waals surface area contributed by atoms with Crippen LogP contribution in [0.2, 0.25) is 0 Å². The number of halogens is 1. The summed E-state index contributed by atoms with van der Waals surface area (Å²) in [5.41, 5.74) is 6.45. The van der Waals surface area contributed by atoms with Crippen LogP contribution < -0.4 is 5.73 Å². The minimum absolute atomic E-state index is 0.0228. The molecule has 1 aliphatic rings. The molecule has 0 radical (unpaired) electrons. The zero-order valence-electron chi connectivity index (χ0n) is 9.43. The van der Waals surface area contributed by atoms with E-state index in [0.29, 0.717) is 19.7 Å². The van der Waals surface area contributed by atoms with Crippen molar-refractivity contribution in [2.45, 2.75) is 6.10 Å². The van der Waals surface area contributed by atoms with Gasteiger partial charge in [0, 0.05) is 11.0 Å². The Morgan fingerprint density at radius 2 is 2.29 bits per heavy atom. The Balaban J connectivity index is 2.12.